The summed E-state index contributed by atoms with van der Waals surface area (Å²) >= 11 is 1.34. The number of carbonyl (C=O) groups is 1. The van der Waals surface area contributed by atoms with Crippen molar-refractivity contribution in [2.24, 2.45) is 0 Å². The van der Waals surface area contributed by atoms with Gasteiger partial charge in [0.2, 0.25) is 0 Å². The van der Waals surface area contributed by atoms with Crippen LogP contribution in [0.2, 0.25) is 0 Å². The van der Waals surface area contributed by atoms with Crippen molar-refractivity contribution in [1.82, 2.24) is 15.2 Å². The molecule has 1 fully saturated rings. The lowest BCUT2D eigenvalue weighted by atomic mass is 10.3. The Balaban J connectivity index is 1.91. The van der Waals surface area contributed by atoms with Crippen LogP contribution in [-0.2, 0) is 0 Å². The number of amides is 1. The maximum absolute atomic E-state index is 12.3. The summed E-state index contributed by atoms with van der Waals surface area (Å²) in [5.41, 5.74) is 5.86. The molecule has 1 heterocycles. The lowest BCUT2D eigenvalue weighted by Crippen LogP contribution is -2.41. The zero-order valence-corrected chi connectivity index (χ0v) is 13.8. The van der Waals surface area contributed by atoms with E-state index in [9.17, 15) is 4.79 Å². The largest absolute Gasteiger partial charge is 0.382 e. The fraction of sp³-hybridized carbons (Fsp3) is 0.714. The second-order valence-corrected chi connectivity index (χ2v) is 6.51. The Hall–Kier alpha value is -1.34. The minimum absolute atomic E-state index is 0.0822. The minimum Gasteiger partial charge on any atom is -0.382 e. The molecule has 118 valence electrons. The van der Waals surface area contributed by atoms with Gasteiger partial charge >= 0.3 is 0 Å². The Bertz CT molecular complexity index is 482. The summed E-state index contributed by atoms with van der Waals surface area (Å²) in [5, 5.41) is 7.02. The van der Waals surface area contributed by atoms with E-state index in [0.29, 0.717) is 16.7 Å². The summed E-state index contributed by atoms with van der Waals surface area (Å²) in [5.74, 6) is 0.184. The average Bonchev–Trinajstić information content (AvgIpc) is 3.17. The van der Waals surface area contributed by atoms with Crippen LogP contribution in [-0.4, -0.2) is 47.5 Å². The Morgan fingerprint density at radius 1 is 1.48 bits per heavy atom. The van der Waals surface area contributed by atoms with Crippen LogP contribution in [0.25, 0.3) is 0 Å². The topological polar surface area (TPSA) is 83.3 Å². The summed E-state index contributed by atoms with van der Waals surface area (Å²) in [7, 11) is 0. The van der Waals surface area contributed by atoms with Gasteiger partial charge in [0.15, 0.2) is 5.13 Å². The Kier molecular flexibility index (Phi) is 5.41. The van der Waals surface area contributed by atoms with Gasteiger partial charge in [-0.05, 0) is 32.9 Å². The van der Waals surface area contributed by atoms with Crippen LogP contribution in [0.15, 0.2) is 0 Å². The molecule has 1 unspecified atom stereocenters. The quantitative estimate of drug-likeness (QED) is 0.681. The molecule has 1 aliphatic rings. The number of likely N-dealkylation sites (N-methyl/N-ethyl adjacent to an activating group) is 1. The highest BCUT2D eigenvalue weighted by Gasteiger charge is 2.24. The van der Waals surface area contributed by atoms with E-state index in [4.69, 9.17) is 5.73 Å². The first kappa shape index (κ1) is 16.0. The smallest absolute Gasteiger partial charge is 0.265 e. The van der Waals surface area contributed by atoms with Crippen molar-refractivity contribution in [2.75, 3.05) is 30.7 Å². The third-order valence-corrected chi connectivity index (χ3v) is 4.57. The van der Waals surface area contributed by atoms with Crippen molar-refractivity contribution in [2.45, 2.75) is 45.7 Å². The molecule has 6 nitrogen and oxygen atoms in total. The van der Waals surface area contributed by atoms with E-state index in [2.05, 4.69) is 34.4 Å². The van der Waals surface area contributed by atoms with Crippen molar-refractivity contribution >= 4 is 28.2 Å². The summed E-state index contributed by atoms with van der Waals surface area (Å²) in [6, 6.07) is 0.590. The molecule has 0 saturated heterocycles. The lowest BCUT2D eigenvalue weighted by molar-refractivity contribution is 0.0935. The molecule has 1 atom stereocenters. The van der Waals surface area contributed by atoms with Crippen LogP contribution in [0.1, 0.15) is 43.3 Å². The SMILES string of the molecule is CCN(CC)CC(C)NC(=O)c1sc(NC2CC2)nc1N. The van der Waals surface area contributed by atoms with Gasteiger partial charge in [0, 0.05) is 18.6 Å². The molecule has 1 aromatic heterocycles. The number of anilines is 2. The molecule has 7 heteroatoms. The standard InChI is InChI=1S/C14H25N5OS/c1-4-19(5-2)8-9(3)16-13(20)11-12(15)18-14(21-11)17-10-6-7-10/h9-10H,4-8,15H2,1-3H3,(H,16,20)(H,17,18). The van der Waals surface area contributed by atoms with Gasteiger partial charge in [-0.25, -0.2) is 4.98 Å². The molecule has 2 rings (SSSR count). The van der Waals surface area contributed by atoms with Crippen LogP contribution >= 0.6 is 11.3 Å². The summed E-state index contributed by atoms with van der Waals surface area (Å²) in [6.45, 7) is 9.05. The van der Waals surface area contributed by atoms with Gasteiger partial charge in [-0.3, -0.25) is 4.79 Å². The molecule has 21 heavy (non-hydrogen) atoms. The second kappa shape index (κ2) is 7.09. The van der Waals surface area contributed by atoms with E-state index < -0.39 is 0 Å². The van der Waals surface area contributed by atoms with Gasteiger partial charge in [0.05, 0.1) is 0 Å². The molecule has 0 aromatic carbocycles. The maximum Gasteiger partial charge on any atom is 0.265 e. The molecule has 0 radical (unpaired) electrons. The average molecular weight is 311 g/mol. The summed E-state index contributed by atoms with van der Waals surface area (Å²) < 4.78 is 0. The Morgan fingerprint density at radius 2 is 2.14 bits per heavy atom. The monoisotopic (exact) mass is 311 g/mol. The molecule has 1 saturated carbocycles. The van der Waals surface area contributed by atoms with Crippen LogP contribution in [0.3, 0.4) is 0 Å². The lowest BCUT2D eigenvalue weighted by Gasteiger charge is -2.23. The predicted octanol–water partition coefficient (Wildman–Crippen LogP) is 1.76. The number of hydrogen-bond acceptors (Lipinski definition) is 6. The van der Waals surface area contributed by atoms with E-state index in [-0.39, 0.29) is 11.9 Å². The number of aromatic nitrogens is 1. The summed E-state index contributed by atoms with van der Waals surface area (Å²) in [4.78, 5) is 19.3. The fourth-order valence-electron chi connectivity index (χ4n) is 2.16. The third kappa shape index (κ3) is 4.57. The highest BCUT2D eigenvalue weighted by Crippen LogP contribution is 2.30. The molecular formula is C14H25N5OS. The highest BCUT2D eigenvalue weighted by molar-refractivity contribution is 7.18. The molecule has 0 bridgehead atoms. The van der Waals surface area contributed by atoms with Crippen LogP contribution in [0.4, 0.5) is 10.9 Å². The van der Waals surface area contributed by atoms with E-state index in [1.807, 2.05) is 6.92 Å². The first-order valence-electron chi connectivity index (χ1n) is 7.59. The van der Waals surface area contributed by atoms with Crippen molar-refractivity contribution in [3.63, 3.8) is 0 Å². The number of nitrogens with one attached hydrogen (secondary N) is 2. The van der Waals surface area contributed by atoms with Gasteiger partial charge in [-0.15, -0.1) is 0 Å². The molecular weight excluding hydrogens is 286 g/mol. The number of thiazole rings is 1. The molecule has 1 amide bonds. The van der Waals surface area contributed by atoms with Gasteiger partial charge in [0.1, 0.15) is 10.7 Å². The van der Waals surface area contributed by atoms with E-state index >= 15 is 0 Å². The zero-order chi connectivity index (χ0) is 15.4. The number of nitrogens with two attached hydrogens (primary N) is 1. The number of rotatable bonds is 8. The number of hydrogen-bond donors (Lipinski definition) is 3. The molecule has 1 aromatic rings. The molecule has 1 aliphatic carbocycles. The predicted molar refractivity (Wildman–Crippen MR) is 87.9 cm³/mol. The van der Waals surface area contributed by atoms with Gasteiger partial charge in [0.25, 0.3) is 5.91 Å². The molecule has 0 aliphatic heterocycles. The number of nitrogen functional groups attached to an aromatic ring is 1. The maximum atomic E-state index is 12.3. The van der Waals surface area contributed by atoms with Crippen LogP contribution < -0.4 is 16.4 Å². The van der Waals surface area contributed by atoms with Crippen molar-refractivity contribution in [3.8, 4) is 0 Å². The first-order valence-corrected chi connectivity index (χ1v) is 8.41. The van der Waals surface area contributed by atoms with E-state index in [1.54, 1.807) is 0 Å². The number of nitrogens with zero attached hydrogens (tertiary/aromatic N) is 2. The van der Waals surface area contributed by atoms with Crippen LogP contribution in [0.5, 0.6) is 0 Å². The first-order chi connectivity index (χ1) is 10.0. The van der Waals surface area contributed by atoms with Gasteiger partial charge < -0.3 is 21.3 Å². The fourth-order valence-corrected chi connectivity index (χ4v) is 3.03. The highest BCUT2D eigenvalue weighted by atomic mass is 32.1. The minimum atomic E-state index is -0.131. The molecule has 0 spiro atoms. The van der Waals surface area contributed by atoms with Crippen molar-refractivity contribution in [1.29, 1.82) is 0 Å². The second-order valence-electron chi connectivity index (χ2n) is 5.51. The van der Waals surface area contributed by atoms with E-state index in [0.717, 1.165) is 24.8 Å². The van der Waals surface area contributed by atoms with Crippen molar-refractivity contribution in [3.05, 3.63) is 4.88 Å². The third-order valence-electron chi connectivity index (χ3n) is 3.57. The Labute approximate surface area is 130 Å². The normalized spacial score (nSPS) is 16.0. The van der Waals surface area contributed by atoms with Crippen molar-refractivity contribution < 1.29 is 4.79 Å². The Morgan fingerprint density at radius 3 is 2.71 bits per heavy atom. The molecule has 4 N–H and O–H groups in total. The zero-order valence-electron chi connectivity index (χ0n) is 13.0. The number of carbonyl (C=O) groups excluding carboxylic acids is 1. The summed E-state index contributed by atoms with van der Waals surface area (Å²) in [6.07, 6.45) is 2.34. The van der Waals surface area contributed by atoms with Gasteiger partial charge in [-0.2, -0.15) is 0 Å². The van der Waals surface area contributed by atoms with E-state index in [1.165, 1.54) is 24.2 Å². The van der Waals surface area contributed by atoms with Crippen LogP contribution in [0, 0.1) is 0 Å². The van der Waals surface area contributed by atoms with Gasteiger partial charge in [-0.1, -0.05) is 25.2 Å².